The minimum Gasteiger partial charge on any atom is -0.370 e. The largest absolute Gasteiger partial charge is 0.370 e. The van der Waals surface area contributed by atoms with Crippen LogP contribution in [0.25, 0.3) is 0 Å². The van der Waals surface area contributed by atoms with Crippen molar-refractivity contribution in [3.63, 3.8) is 0 Å². The van der Waals surface area contributed by atoms with Gasteiger partial charge in [0, 0.05) is 25.7 Å². The molecule has 1 aromatic rings. The second kappa shape index (κ2) is 6.90. The molecule has 0 spiro atoms. The Balaban J connectivity index is 0.00000196. The maximum absolute atomic E-state index is 6.01. The normalized spacial score (nSPS) is 10.7. The zero-order chi connectivity index (χ0) is 10.6. The molecule has 0 fully saturated rings. The van der Waals surface area contributed by atoms with E-state index < -0.39 is 0 Å². The maximum atomic E-state index is 6.01. The fourth-order valence-electron chi connectivity index (χ4n) is 1.13. The Labute approximate surface area is 112 Å². The molecule has 0 saturated heterocycles. The summed E-state index contributed by atoms with van der Waals surface area (Å²) in [5.41, 5.74) is 6.69. The maximum Gasteiger partial charge on any atom is 0.191 e. The van der Waals surface area contributed by atoms with Crippen molar-refractivity contribution in [3.8, 4) is 0 Å². The van der Waals surface area contributed by atoms with Crippen LogP contribution in [0.5, 0.6) is 0 Å². The first-order chi connectivity index (χ1) is 6.65. The van der Waals surface area contributed by atoms with Crippen LogP contribution < -0.4 is 5.73 Å². The number of benzene rings is 1. The topological polar surface area (TPSA) is 41.6 Å². The van der Waals surface area contributed by atoms with Gasteiger partial charge in [0.15, 0.2) is 5.96 Å². The number of nitrogens with zero attached hydrogens (tertiary/aromatic N) is 2. The highest BCUT2D eigenvalue weighted by Gasteiger charge is 2.04. The molecule has 0 aliphatic rings. The molecule has 84 valence electrons. The van der Waals surface area contributed by atoms with Crippen LogP contribution in [0.1, 0.15) is 5.56 Å². The predicted octanol–water partition coefficient (Wildman–Crippen LogP) is 2.33. The number of aliphatic imine (C=N–C) groups is 1. The van der Waals surface area contributed by atoms with Crippen molar-refractivity contribution in [2.24, 2.45) is 10.7 Å². The first kappa shape index (κ1) is 14.5. The van der Waals surface area contributed by atoms with Gasteiger partial charge < -0.3 is 10.6 Å². The Hall–Kier alpha value is -0.490. The standard InChI is InChI=1S/C10H14ClN3.HI/c1-13-10(12)14(2)7-8-5-3-4-6-9(8)11;/h3-6H,7H2,1-2H3,(H2,12,13);1H. The van der Waals surface area contributed by atoms with Gasteiger partial charge in [-0.1, -0.05) is 29.8 Å². The Morgan fingerprint density at radius 2 is 2.07 bits per heavy atom. The van der Waals surface area contributed by atoms with E-state index in [2.05, 4.69) is 4.99 Å². The van der Waals surface area contributed by atoms with E-state index in [1.54, 1.807) is 7.05 Å². The van der Waals surface area contributed by atoms with E-state index in [4.69, 9.17) is 17.3 Å². The molecule has 0 aliphatic heterocycles. The van der Waals surface area contributed by atoms with Crippen molar-refractivity contribution >= 4 is 41.5 Å². The third kappa shape index (κ3) is 4.25. The van der Waals surface area contributed by atoms with Gasteiger partial charge in [-0.15, -0.1) is 24.0 Å². The quantitative estimate of drug-likeness (QED) is 0.510. The lowest BCUT2D eigenvalue weighted by molar-refractivity contribution is 0.494. The Bertz CT molecular complexity index is 341. The average molecular weight is 340 g/mol. The molecule has 0 unspecified atom stereocenters. The van der Waals surface area contributed by atoms with Crippen molar-refractivity contribution in [1.29, 1.82) is 0 Å². The zero-order valence-corrected chi connectivity index (χ0v) is 11.9. The third-order valence-corrected chi connectivity index (χ3v) is 2.35. The van der Waals surface area contributed by atoms with E-state index in [-0.39, 0.29) is 24.0 Å². The third-order valence-electron chi connectivity index (χ3n) is 1.99. The highest BCUT2D eigenvalue weighted by molar-refractivity contribution is 14.0. The van der Waals surface area contributed by atoms with Gasteiger partial charge in [0.05, 0.1) is 0 Å². The van der Waals surface area contributed by atoms with Crippen LogP contribution in [0.15, 0.2) is 29.3 Å². The number of halogens is 2. The van der Waals surface area contributed by atoms with Gasteiger partial charge in [0.1, 0.15) is 0 Å². The van der Waals surface area contributed by atoms with Gasteiger partial charge in [-0.3, -0.25) is 4.99 Å². The summed E-state index contributed by atoms with van der Waals surface area (Å²) in [4.78, 5) is 5.74. The van der Waals surface area contributed by atoms with Crippen LogP contribution >= 0.6 is 35.6 Å². The van der Waals surface area contributed by atoms with Crippen LogP contribution in [0.2, 0.25) is 5.02 Å². The minimum atomic E-state index is 0. The fraction of sp³-hybridized carbons (Fsp3) is 0.300. The lowest BCUT2D eigenvalue weighted by Gasteiger charge is -2.18. The summed E-state index contributed by atoms with van der Waals surface area (Å²) in [5, 5.41) is 0.753. The van der Waals surface area contributed by atoms with E-state index >= 15 is 0 Å². The minimum absolute atomic E-state index is 0. The van der Waals surface area contributed by atoms with E-state index in [1.165, 1.54) is 0 Å². The summed E-state index contributed by atoms with van der Waals surface area (Å²) in [7, 11) is 3.55. The molecule has 0 saturated carbocycles. The van der Waals surface area contributed by atoms with Crippen LogP contribution in [0.4, 0.5) is 0 Å². The molecule has 1 aromatic carbocycles. The molecule has 0 aromatic heterocycles. The molecule has 1 rings (SSSR count). The zero-order valence-electron chi connectivity index (χ0n) is 8.77. The molecular weight excluding hydrogens is 324 g/mol. The Morgan fingerprint density at radius 1 is 1.47 bits per heavy atom. The summed E-state index contributed by atoms with van der Waals surface area (Å²) in [6.07, 6.45) is 0. The summed E-state index contributed by atoms with van der Waals surface area (Å²) in [6.45, 7) is 0.669. The van der Waals surface area contributed by atoms with Gasteiger partial charge in [0.25, 0.3) is 0 Å². The second-order valence-corrected chi connectivity index (χ2v) is 3.44. The van der Waals surface area contributed by atoms with Crippen LogP contribution in [-0.2, 0) is 6.54 Å². The van der Waals surface area contributed by atoms with Gasteiger partial charge in [-0.25, -0.2) is 0 Å². The Kier molecular flexibility index (Phi) is 6.67. The van der Waals surface area contributed by atoms with Crippen LogP contribution in [0.3, 0.4) is 0 Å². The number of guanidine groups is 1. The SMILES string of the molecule is CN=C(N)N(C)Cc1ccccc1Cl.I. The van der Waals surface area contributed by atoms with Gasteiger partial charge in [0.2, 0.25) is 0 Å². The van der Waals surface area contributed by atoms with E-state index in [1.807, 2.05) is 36.2 Å². The lowest BCUT2D eigenvalue weighted by Crippen LogP contribution is -2.33. The molecular formula is C10H15ClIN3. The molecule has 3 nitrogen and oxygen atoms in total. The van der Waals surface area contributed by atoms with Crippen molar-refractivity contribution in [2.45, 2.75) is 6.54 Å². The van der Waals surface area contributed by atoms with Crippen molar-refractivity contribution in [2.75, 3.05) is 14.1 Å². The number of rotatable bonds is 2. The highest BCUT2D eigenvalue weighted by atomic mass is 127. The van der Waals surface area contributed by atoms with Crippen LogP contribution in [0, 0.1) is 0 Å². The predicted molar refractivity (Wildman–Crippen MR) is 75.9 cm³/mol. The Morgan fingerprint density at radius 3 is 2.60 bits per heavy atom. The number of hydrogen-bond acceptors (Lipinski definition) is 1. The van der Waals surface area contributed by atoms with Crippen LogP contribution in [-0.4, -0.2) is 25.0 Å². The van der Waals surface area contributed by atoms with E-state index in [0.717, 1.165) is 10.6 Å². The second-order valence-electron chi connectivity index (χ2n) is 3.03. The summed E-state index contributed by atoms with van der Waals surface area (Å²) in [6, 6.07) is 7.70. The molecule has 5 heteroatoms. The molecule has 0 radical (unpaired) electrons. The molecule has 0 aliphatic carbocycles. The smallest absolute Gasteiger partial charge is 0.191 e. The van der Waals surface area contributed by atoms with Gasteiger partial charge >= 0.3 is 0 Å². The monoisotopic (exact) mass is 339 g/mol. The molecule has 0 heterocycles. The number of nitrogens with two attached hydrogens (primary N) is 1. The highest BCUT2D eigenvalue weighted by Crippen LogP contribution is 2.16. The van der Waals surface area contributed by atoms with E-state index in [9.17, 15) is 0 Å². The fourth-order valence-corrected chi connectivity index (χ4v) is 1.33. The lowest BCUT2D eigenvalue weighted by atomic mass is 10.2. The number of hydrogen-bond donors (Lipinski definition) is 1. The van der Waals surface area contributed by atoms with Gasteiger partial charge in [-0.2, -0.15) is 0 Å². The summed E-state index contributed by atoms with van der Waals surface area (Å²) < 4.78 is 0. The average Bonchev–Trinajstić information content (AvgIpc) is 2.20. The first-order valence-electron chi connectivity index (χ1n) is 4.32. The van der Waals surface area contributed by atoms with Crippen molar-refractivity contribution in [1.82, 2.24) is 4.90 Å². The van der Waals surface area contributed by atoms with Gasteiger partial charge in [-0.05, 0) is 11.6 Å². The summed E-state index contributed by atoms with van der Waals surface area (Å²) >= 11 is 6.01. The van der Waals surface area contributed by atoms with E-state index in [0.29, 0.717) is 12.5 Å². The van der Waals surface area contributed by atoms with Crippen molar-refractivity contribution in [3.05, 3.63) is 34.9 Å². The molecule has 0 amide bonds. The van der Waals surface area contributed by atoms with Crippen molar-refractivity contribution < 1.29 is 0 Å². The molecule has 2 N–H and O–H groups in total. The first-order valence-corrected chi connectivity index (χ1v) is 4.69. The molecule has 15 heavy (non-hydrogen) atoms. The molecule has 0 bridgehead atoms. The molecule has 0 atom stereocenters. The summed E-state index contributed by atoms with van der Waals surface area (Å²) in [5.74, 6) is 0.505.